The van der Waals surface area contributed by atoms with Crippen molar-refractivity contribution >= 4 is 23.7 Å². The first-order chi connectivity index (χ1) is 13.0. The van der Waals surface area contributed by atoms with E-state index >= 15 is 0 Å². The summed E-state index contributed by atoms with van der Waals surface area (Å²) in [6, 6.07) is 10.2. The molecule has 0 unspecified atom stereocenters. The zero-order chi connectivity index (χ0) is 19.4. The molecule has 0 aliphatic heterocycles. The number of imidazole rings is 1. The number of non-ortho nitro benzene ring substituents is 1. The molecule has 0 radical (unpaired) electrons. The topological polar surface area (TPSA) is 90.9 Å². The molecule has 0 saturated carbocycles. The van der Waals surface area contributed by atoms with Crippen LogP contribution in [0.4, 0.5) is 5.69 Å². The highest BCUT2D eigenvalue weighted by Gasteiger charge is 2.21. The van der Waals surface area contributed by atoms with Gasteiger partial charge in [0.15, 0.2) is 12.1 Å². The maximum absolute atomic E-state index is 11.6. The number of benzene rings is 1. The third kappa shape index (κ3) is 4.22. The van der Waals surface area contributed by atoms with E-state index in [2.05, 4.69) is 9.97 Å². The maximum Gasteiger partial charge on any atom is 0.270 e. The number of rotatable bonds is 7. The summed E-state index contributed by atoms with van der Waals surface area (Å²) in [5.41, 5.74) is 1.81. The fourth-order valence-corrected chi connectivity index (χ4v) is 3.85. The molecule has 0 aliphatic rings. The van der Waals surface area contributed by atoms with Crippen molar-refractivity contribution < 1.29 is 9.72 Å². The zero-order valence-electron chi connectivity index (χ0n) is 14.9. The third-order valence-corrected chi connectivity index (χ3v) is 5.07. The second-order valence-electron chi connectivity index (χ2n) is 6.23. The Hall–Kier alpha value is -3.00. The Bertz CT molecular complexity index is 970. The first kappa shape index (κ1) is 18.8. The number of carbonyl (C=O) groups excluding carboxylic acids is 1. The number of aldehydes is 1. The standard InChI is InChI=1S/C19H18N4O3S/c1-13(2)18-19(27-16-5-3-4-15(10-16)23(25)26)22(17(12-24)21-18)11-14-6-8-20-9-7-14/h3-10,12-13H,11H2,1-2H3. The predicted molar refractivity (Wildman–Crippen MR) is 102 cm³/mol. The normalized spacial score (nSPS) is 10.9. The van der Waals surface area contributed by atoms with Gasteiger partial charge in [-0.15, -0.1) is 0 Å². The molecule has 0 aliphatic carbocycles. The lowest BCUT2D eigenvalue weighted by molar-refractivity contribution is -0.385. The van der Waals surface area contributed by atoms with Crippen molar-refractivity contribution in [2.24, 2.45) is 0 Å². The molecule has 2 heterocycles. The number of pyridine rings is 1. The molecular weight excluding hydrogens is 364 g/mol. The Morgan fingerprint density at radius 3 is 2.63 bits per heavy atom. The lowest BCUT2D eigenvalue weighted by atomic mass is 10.1. The van der Waals surface area contributed by atoms with Crippen LogP contribution < -0.4 is 0 Å². The molecular formula is C19H18N4O3S. The summed E-state index contributed by atoms with van der Waals surface area (Å²) in [5, 5.41) is 11.9. The van der Waals surface area contributed by atoms with Gasteiger partial charge in [-0.3, -0.25) is 19.9 Å². The van der Waals surface area contributed by atoms with Crippen molar-refractivity contribution in [2.45, 2.75) is 36.2 Å². The second kappa shape index (κ2) is 8.13. The number of nitro groups is 1. The van der Waals surface area contributed by atoms with Crippen LogP contribution in [0.3, 0.4) is 0 Å². The van der Waals surface area contributed by atoms with Crippen LogP contribution in [0, 0.1) is 10.1 Å². The molecule has 3 rings (SSSR count). The number of hydrogen-bond donors (Lipinski definition) is 0. The Labute approximate surface area is 160 Å². The highest BCUT2D eigenvalue weighted by molar-refractivity contribution is 7.99. The van der Waals surface area contributed by atoms with Gasteiger partial charge in [0, 0.05) is 29.4 Å². The summed E-state index contributed by atoms with van der Waals surface area (Å²) >= 11 is 1.38. The van der Waals surface area contributed by atoms with Crippen molar-refractivity contribution in [1.29, 1.82) is 0 Å². The number of nitro benzene ring substituents is 1. The quantitative estimate of drug-likeness (QED) is 0.343. The summed E-state index contributed by atoms with van der Waals surface area (Å²) in [7, 11) is 0. The average Bonchev–Trinajstić information content (AvgIpc) is 3.00. The SMILES string of the molecule is CC(C)c1nc(C=O)n(Cc2ccncc2)c1Sc1cccc([N+](=O)[O-])c1. The van der Waals surface area contributed by atoms with Crippen LogP contribution in [-0.4, -0.2) is 25.7 Å². The molecule has 138 valence electrons. The Balaban J connectivity index is 2.06. The van der Waals surface area contributed by atoms with Gasteiger partial charge in [0.25, 0.3) is 5.69 Å². The number of hydrogen-bond acceptors (Lipinski definition) is 6. The van der Waals surface area contributed by atoms with E-state index in [1.165, 1.54) is 23.9 Å². The lowest BCUT2D eigenvalue weighted by Gasteiger charge is -2.12. The first-order valence-corrected chi connectivity index (χ1v) is 9.18. The summed E-state index contributed by atoms with van der Waals surface area (Å²) in [5.74, 6) is 0.437. The van der Waals surface area contributed by atoms with E-state index in [0.29, 0.717) is 12.4 Å². The van der Waals surface area contributed by atoms with Gasteiger partial charge in [-0.1, -0.05) is 31.7 Å². The van der Waals surface area contributed by atoms with Gasteiger partial charge < -0.3 is 4.57 Å². The van der Waals surface area contributed by atoms with Crippen molar-refractivity contribution in [3.05, 3.63) is 76.0 Å². The van der Waals surface area contributed by atoms with Gasteiger partial charge >= 0.3 is 0 Å². The van der Waals surface area contributed by atoms with Crippen LogP contribution in [0.5, 0.6) is 0 Å². The van der Waals surface area contributed by atoms with Crippen LogP contribution in [0.25, 0.3) is 0 Å². The Morgan fingerprint density at radius 2 is 2.00 bits per heavy atom. The number of nitrogens with zero attached hydrogens (tertiary/aromatic N) is 4. The van der Waals surface area contributed by atoms with Crippen LogP contribution in [0.2, 0.25) is 0 Å². The van der Waals surface area contributed by atoms with Crippen molar-refractivity contribution in [3.8, 4) is 0 Å². The smallest absolute Gasteiger partial charge is 0.270 e. The maximum atomic E-state index is 11.6. The molecule has 3 aromatic rings. The minimum absolute atomic E-state index is 0.0295. The van der Waals surface area contributed by atoms with Crippen LogP contribution in [0.15, 0.2) is 58.7 Å². The van der Waals surface area contributed by atoms with Gasteiger partial charge in [-0.25, -0.2) is 4.98 Å². The van der Waals surface area contributed by atoms with Gasteiger partial charge in [-0.2, -0.15) is 0 Å². The molecule has 7 nitrogen and oxygen atoms in total. The highest BCUT2D eigenvalue weighted by atomic mass is 32.2. The van der Waals surface area contributed by atoms with E-state index in [-0.39, 0.29) is 11.6 Å². The summed E-state index contributed by atoms with van der Waals surface area (Å²) in [4.78, 5) is 31.5. The van der Waals surface area contributed by atoms with E-state index < -0.39 is 4.92 Å². The predicted octanol–water partition coefficient (Wildman–Crippen LogP) is 4.32. The zero-order valence-corrected chi connectivity index (χ0v) is 15.7. The molecule has 0 atom stereocenters. The number of aromatic nitrogens is 3. The molecule has 0 spiro atoms. The molecule has 0 amide bonds. The summed E-state index contributed by atoms with van der Waals surface area (Å²) in [6.45, 7) is 4.48. The molecule has 0 bridgehead atoms. The molecule has 2 aromatic heterocycles. The molecule has 27 heavy (non-hydrogen) atoms. The van der Waals surface area contributed by atoms with E-state index in [9.17, 15) is 14.9 Å². The fraction of sp³-hybridized carbons (Fsp3) is 0.211. The van der Waals surface area contributed by atoms with E-state index in [0.717, 1.165) is 27.5 Å². The second-order valence-corrected chi connectivity index (χ2v) is 7.29. The summed E-state index contributed by atoms with van der Waals surface area (Å²) < 4.78 is 1.85. The van der Waals surface area contributed by atoms with Crippen molar-refractivity contribution in [2.75, 3.05) is 0 Å². The monoisotopic (exact) mass is 382 g/mol. The van der Waals surface area contributed by atoms with E-state index in [1.54, 1.807) is 18.5 Å². The average molecular weight is 382 g/mol. The van der Waals surface area contributed by atoms with Crippen LogP contribution in [-0.2, 0) is 6.54 Å². The van der Waals surface area contributed by atoms with E-state index in [4.69, 9.17) is 0 Å². The molecule has 8 heteroatoms. The molecule has 0 fully saturated rings. The fourth-order valence-electron chi connectivity index (χ4n) is 2.64. The molecule has 0 N–H and O–H groups in total. The first-order valence-electron chi connectivity index (χ1n) is 8.36. The van der Waals surface area contributed by atoms with Crippen LogP contribution in [0.1, 0.15) is 41.6 Å². The third-order valence-electron chi connectivity index (χ3n) is 3.96. The largest absolute Gasteiger partial charge is 0.312 e. The molecule has 1 aromatic carbocycles. The van der Waals surface area contributed by atoms with Crippen molar-refractivity contribution in [3.63, 3.8) is 0 Å². The Kier molecular flexibility index (Phi) is 5.66. The minimum atomic E-state index is -0.418. The van der Waals surface area contributed by atoms with Gasteiger partial charge in [0.2, 0.25) is 0 Å². The Morgan fingerprint density at radius 1 is 1.26 bits per heavy atom. The van der Waals surface area contributed by atoms with Gasteiger partial charge in [0.1, 0.15) is 5.03 Å². The van der Waals surface area contributed by atoms with Crippen LogP contribution >= 0.6 is 11.8 Å². The summed E-state index contributed by atoms with van der Waals surface area (Å²) in [6.07, 6.45) is 4.14. The lowest BCUT2D eigenvalue weighted by Crippen LogP contribution is -2.06. The van der Waals surface area contributed by atoms with Gasteiger partial charge in [0.05, 0.1) is 17.2 Å². The highest BCUT2D eigenvalue weighted by Crippen LogP contribution is 2.36. The number of carbonyl (C=O) groups is 1. The van der Waals surface area contributed by atoms with E-state index in [1.807, 2.05) is 36.6 Å². The minimum Gasteiger partial charge on any atom is -0.312 e. The molecule has 0 saturated heterocycles. The van der Waals surface area contributed by atoms with Crippen molar-refractivity contribution in [1.82, 2.24) is 14.5 Å². The van der Waals surface area contributed by atoms with Gasteiger partial charge in [-0.05, 0) is 29.7 Å².